The fraction of sp³-hybridized carbons (Fsp3) is 0.667. The van der Waals surface area contributed by atoms with E-state index in [1.165, 1.54) is 56.4 Å². The molecule has 1 saturated heterocycles. The van der Waals surface area contributed by atoms with E-state index in [-0.39, 0.29) is 0 Å². The number of nitrogens with one attached hydrogen (secondary N) is 1. The van der Waals surface area contributed by atoms with Gasteiger partial charge < -0.3 is 10.2 Å². The van der Waals surface area contributed by atoms with E-state index in [1.54, 1.807) is 0 Å². The maximum atomic E-state index is 3.61. The molecule has 20 heavy (non-hydrogen) atoms. The second kappa shape index (κ2) is 8.31. The van der Waals surface area contributed by atoms with Crippen molar-refractivity contribution in [3.05, 3.63) is 29.8 Å². The van der Waals surface area contributed by atoms with Crippen LogP contribution in [0.4, 0.5) is 5.69 Å². The molecule has 1 heterocycles. The molecule has 1 fully saturated rings. The van der Waals surface area contributed by atoms with Gasteiger partial charge in [0.05, 0.1) is 0 Å². The largest absolute Gasteiger partial charge is 0.371 e. The van der Waals surface area contributed by atoms with Crippen LogP contribution in [-0.4, -0.2) is 19.6 Å². The fourth-order valence-corrected chi connectivity index (χ4v) is 2.95. The lowest BCUT2D eigenvalue weighted by atomic mass is 10.1. The third-order valence-electron chi connectivity index (χ3n) is 4.14. The highest BCUT2D eigenvalue weighted by Crippen LogP contribution is 2.24. The van der Waals surface area contributed by atoms with Gasteiger partial charge in [0, 0.05) is 25.3 Å². The van der Waals surface area contributed by atoms with Crippen molar-refractivity contribution in [3.8, 4) is 0 Å². The van der Waals surface area contributed by atoms with Gasteiger partial charge in [0.15, 0.2) is 0 Å². The lowest BCUT2D eigenvalue weighted by Crippen LogP contribution is -2.22. The number of anilines is 1. The summed E-state index contributed by atoms with van der Waals surface area (Å²) < 4.78 is 0. The molecular weight excluding hydrogens is 244 g/mol. The highest BCUT2D eigenvalue weighted by Gasteiger charge is 2.14. The van der Waals surface area contributed by atoms with Crippen LogP contribution in [0.3, 0.4) is 0 Å². The minimum absolute atomic E-state index is 0.839. The summed E-state index contributed by atoms with van der Waals surface area (Å²) >= 11 is 0. The van der Waals surface area contributed by atoms with Gasteiger partial charge in [-0.3, -0.25) is 0 Å². The van der Waals surface area contributed by atoms with E-state index in [2.05, 4.69) is 48.3 Å². The number of unbranched alkanes of at least 4 members (excludes halogenated alkanes) is 1. The molecule has 1 N–H and O–H groups in total. The van der Waals surface area contributed by atoms with Gasteiger partial charge in [0.1, 0.15) is 0 Å². The molecule has 1 aliphatic rings. The van der Waals surface area contributed by atoms with Crippen LogP contribution in [0.1, 0.15) is 51.5 Å². The molecule has 2 nitrogen and oxygen atoms in total. The van der Waals surface area contributed by atoms with Crippen molar-refractivity contribution in [2.75, 3.05) is 24.5 Å². The summed E-state index contributed by atoms with van der Waals surface area (Å²) in [5.41, 5.74) is 2.90. The minimum atomic E-state index is 0.839. The Morgan fingerprint density at radius 3 is 2.60 bits per heavy atom. The maximum Gasteiger partial charge on any atom is 0.0411 e. The molecule has 0 spiro atoms. The summed E-state index contributed by atoms with van der Waals surface area (Å²) in [4.78, 5) is 2.54. The third-order valence-corrected chi connectivity index (χ3v) is 4.14. The van der Waals surface area contributed by atoms with E-state index in [4.69, 9.17) is 0 Å². The van der Waals surface area contributed by atoms with Gasteiger partial charge in [0.2, 0.25) is 0 Å². The van der Waals surface area contributed by atoms with Crippen molar-refractivity contribution >= 4 is 5.69 Å². The Balaban J connectivity index is 1.75. The Bertz CT molecular complexity index is 381. The standard InChI is InChI=1S/C18H30N2/c1-16(2)9-5-6-12-19-15-17-10-3-4-11-18(17)20-13-7-8-14-20/h3-4,10-11,16,19H,5-9,12-15H2,1-2H3. The van der Waals surface area contributed by atoms with Crippen LogP contribution in [0.15, 0.2) is 24.3 Å². The molecule has 0 unspecified atom stereocenters. The van der Waals surface area contributed by atoms with Gasteiger partial charge >= 0.3 is 0 Å². The van der Waals surface area contributed by atoms with Gasteiger partial charge in [-0.25, -0.2) is 0 Å². The van der Waals surface area contributed by atoms with Crippen LogP contribution in [0.25, 0.3) is 0 Å². The maximum absolute atomic E-state index is 3.61. The first-order valence-electron chi connectivity index (χ1n) is 8.31. The van der Waals surface area contributed by atoms with Gasteiger partial charge in [-0.15, -0.1) is 0 Å². The monoisotopic (exact) mass is 274 g/mol. The summed E-state index contributed by atoms with van der Waals surface area (Å²) in [5.74, 6) is 0.839. The molecule has 0 atom stereocenters. The summed E-state index contributed by atoms with van der Waals surface area (Å²) in [6.45, 7) is 9.21. The molecule has 1 aliphatic heterocycles. The number of para-hydroxylation sites is 1. The molecule has 0 radical (unpaired) electrons. The van der Waals surface area contributed by atoms with Crippen molar-refractivity contribution < 1.29 is 0 Å². The Morgan fingerprint density at radius 1 is 1.10 bits per heavy atom. The van der Waals surface area contributed by atoms with Gasteiger partial charge in [0.25, 0.3) is 0 Å². The van der Waals surface area contributed by atoms with Crippen LogP contribution in [0, 0.1) is 5.92 Å². The number of hydrogen-bond acceptors (Lipinski definition) is 2. The predicted octanol–water partition coefficient (Wildman–Crippen LogP) is 4.20. The number of benzene rings is 1. The number of hydrogen-bond donors (Lipinski definition) is 1. The van der Waals surface area contributed by atoms with E-state index < -0.39 is 0 Å². The van der Waals surface area contributed by atoms with E-state index >= 15 is 0 Å². The summed E-state index contributed by atoms with van der Waals surface area (Å²) in [7, 11) is 0. The van der Waals surface area contributed by atoms with Crippen LogP contribution in [0.2, 0.25) is 0 Å². The van der Waals surface area contributed by atoms with Crippen molar-refractivity contribution in [2.45, 2.75) is 52.5 Å². The second-order valence-corrected chi connectivity index (χ2v) is 6.39. The van der Waals surface area contributed by atoms with E-state index in [0.29, 0.717) is 0 Å². The Labute approximate surface area is 124 Å². The molecule has 0 bridgehead atoms. The van der Waals surface area contributed by atoms with Gasteiger partial charge in [-0.05, 0) is 43.4 Å². The SMILES string of the molecule is CC(C)CCCCNCc1ccccc1N1CCCC1. The molecular formula is C18H30N2. The zero-order chi connectivity index (χ0) is 14.2. The van der Waals surface area contributed by atoms with Crippen LogP contribution < -0.4 is 10.2 Å². The van der Waals surface area contributed by atoms with Crippen LogP contribution in [0.5, 0.6) is 0 Å². The Kier molecular flexibility index (Phi) is 6.38. The highest BCUT2D eigenvalue weighted by molar-refractivity contribution is 5.54. The first-order chi connectivity index (χ1) is 9.77. The quantitative estimate of drug-likeness (QED) is 0.715. The van der Waals surface area contributed by atoms with E-state index in [9.17, 15) is 0 Å². The van der Waals surface area contributed by atoms with Gasteiger partial charge in [-0.2, -0.15) is 0 Å². The van der Waals surface area contributed by atoms with E-state index in [0.717, 1.165) is 19.0 Å². The zero-order valence-corrected chi connectivity index (χ0v) is 13.2. The number of rotatable bonds is 8. The van der Waals surface area contributed by atoms with Crippen LogP contribution >= 0.6 is 0 Å². The third kappa shape index (κ3) is 4.82. The second-order valence-electron chi connectivity index (χ2n) is 6.39. The number of nitrogens with zero attached hydrogens (tertiary/aromatic N) is 1. The summed E-state index contributed by atoms with van der Waals surface area (Å²) in [5, 5.41) is 3.61. The average molecular weight is 274 g/mol. The van der Waals surface area contributed by atoms with E-state index in [1.807, 2.05) is 0 Å². The molecule has 2 rings (SSSR count). The average Bonchev–Trinajstić information content (AvgIpc) is 2.97. The Hall–Kier alpha value is -1.02. The molecule has 2 heteroatoms. The van der Waals surface area contributed by atoms with Gasteiger partial charge in [-0.1, -0.05) is 44.9 Å². The molecule has 0 saturated carbocycles. The topological polar surface area (TPSA) is 15.3 Å². The zero-order valence-electron chi connectivity index (χ0n) is 13.2. The van der Waals surface area contributed by atoms with Crippen molar-refractivity contribution in [2.24, 2.45) is 5.92 Å². The molecule has 112 valence electrons. The van der Waals surface area contributed by atoms with Crippen molar-refractivity contribution in [3.63, 3.8) is 0 Å². The molecule has 1 aromatic carbocycles. The first-order valence-corrected chi connectivity index (χ1v) is 8.31. The molecule has 0 aliphatic carbocycles. The lowest BCUT2D eigenvalue weighted by molar-refractivity contribution is 0.520. The summed E-state index contributed by atoms with van der Waals surface area (Å²) in [6.07, 6.45) is 6.68. The lowest BCUT2D eigenvalue weighted by Gasteiger charge is -2.21. The normalized spacial score (nSPS) is 15.2. The summed E-state index contributed by atoms with van der Waals surface area (Å²) in [6, 6.07) is 8.88. The molecule has 0 amide bonds. The highest BCUT2D eigenvalue weighted by atomic mass is 15.1. The minimum Gasteiger partial charge on any atom is -0.371 e. The molecule has 1 aromatic rings. The predicted molar refractivity (Wildman–Crippen MR) is 88.3 cm³/mol. The van der Waals surface area contributed by atoms with Crippen LogP contribution in [-0.2, 0) is 6.54 Å². The fourth-order valence-electron chi connectivity index (χ4n) is 2.95. The van der Waals surface area contributed by atoms with Crippen molar-refractivity contribution in [1.82, 2.24) is 5.32 Å². The Morgan fingerprint density at radius 2 is 1.85 bits per heavy atom. The smallest absolute Gasteiger partial charge is 0.0411 e. The van der Waals surface area contributed by atoms with Crippen molar-refractivity contribution in [1.29, 1.82) is 0 Å². The molecule has 0 aromatic heterocycles. The first kappa shape index (κ1) is 15.4.